The van der Waals surface area contributed by atoms with Crippen LogP contribution in [-0.4, -0.2) is 44.2 Å². The summed E-state index contributed by atoms with van der Waals surface area (Å²) in [6.45, 7) is 0.995. The van der Waals surface area contributed by atoms with Crippen LogP contribution in [0.4, 0.5) is 4.39 Å². The highest BCUT2D eigenvalue weighted by Crippen LogP contribution is 2.31. The molecule has 5 nitrogen and oxygen atoms in total. The predicted molar refractivity (Wildman–Crippen MR) is 79.9 cm³/mol. The minimum atomic E-state index is -0.615. The SMILES string of the molecule is COc1cc(F)c(C(=O)N2CCCC2CN)cc1OC.Cl. The average Bonchev–Trinajstić information content (AvgIpc) is 2.94. The molecule has 2 rings (SSSR count). The van der Waals surface area contributed by atoms with E-state index in [1.165, 1.54) is 26.4 Å². The largest absolute Gasteiger partial charge is 0.493 e. The highest BCUT2D eigenvalue weighted by Gasteiger charge is 2.30. The van der Waals surface area contributed by atoms with Gasteiger partial charge in [0.25, 0.3) is 5.91 Å². The van der Waals surface area contributed by atoms with Crippen molar-refractivity contribution in [2.45, 2.75) is 18.9 Å². The maximum atomic E-state index is 14.1. The molecule has 1 saturated heterocycles. The second kappa shape index (κ2) is 7.47. The molecule has 0 aromatic heterocycles. The van der Waals surface area contributed by atoms with Crippen LogP contribution in [-0.2, 0) is 0 Å². The molecule has 1 aromatic carbocycles. The van der Waals surface area contributed by atoms with Crippen molar-refractivity contribution in [3.8, 4) is 11.5 Å². The van der Waals surface area contributed by atoms with Crippen LogP contribution >= 0.6 is 12.4 Å². The zero-order valence-electron chi connectivity index (χ0n) is 12.1. The van der Waals surface area contributed by atoms with Crippen LogP contribution in [0, 0.1) is 5.82 Å². The van der Waals surface area contributed by atoms with Crippen LogP contribution in [0.2, 0.25) is 0 Å². The topological polar surface area (TPSA) is 64.8 Å². The third kappa shape index (κ3) is 3.39. The Labute approximate surface area is 129 Å². The van der Waals surface area contributed by atoms with Crippen LogP contribution in [0.5, 0.6) is 11.5 Å². The molecule has 0 bridgehead atoms. The van der Waals surface area contributed by atoms with Gasteiger partial charge in [-0.05, 0) is 18.9 Å². The monoisotopic (exact) mass is 318 g/mol. The number of amides is 1. The lowest BCUT2D eigenvalue weighted by atomic mass is 10.1. The number of likely N-dealkylation sites (tertiary alicyclic amines) is 1. The van der Waals surface area contributed by atoms with E-state index in [-0.39, 0.29) is 35.7 Å². The molecule has 0 spiro atoms. The molecule has 21 heavy (non-hydrogen) atoms. The second-order valence-electron chi connectivity index (χ2n) is 4.72. The zero-order chi connectivity index (χ0) is 14.7. The normalized spacial score (nSPS) is 17.3. The summed E-state index contributed by atoms with van der Waals surface area (Å²) in [5.41, 5.74) is 5.64. The average molecular weight is 319 g/mol. The van der Waals surface area contributed by atoms with Gasteiger partial charge in [0.05, 0.1) is 19.8 Å². The minimum absolute atomic E-state index is 0. The number of nitrogens with two attached hydrogens (primary N) is 1. The van der Waals surface area contributed by atoms with E-state index in [2.05, 4.69) is 0 Å². The standard InChI is InChI=1S/C14H19FN2O3.ClH/c1-19-12-6-10(11(15)7-13(12)20-2)14(18)17-5-3-4-9(17)8-16;/h6-7,9H,3-5,8,16H2,1-2H3;1H. The molecule has 0 aliphatic carbocycles. The van der Waals surface area contributed by atoms with Gasteiger partial charge in [-0.2, -0.15) is 0 Å². The molecule has 2 N–H and O–H groups in total. The van der Waals surface area contributed by atoms with E-state index in [0.717, 1.165) is 12.8 Å². The Balaban J connectivity index is 0.00000220. The van der Waals surface area contributed by atoms with Gasteiger partial charge in [-0.15, -0.1) is 12.4 Å². The van der Waals surface area contributed by atoms with Crippen LogP contribution in [0.15, 0.2) is 12.1 Å². The summed E-state index contributed by atoms with van der Waals surface area (Å²) in [5.74, 6) is -0.370. The van der Waals surface area contributed by atoms with Crippen molar-refractivity contribution in [3.05, 3.63) is 23.5 Å². The van der Waals surface area contributed by atoms with Crippen molar-refractivity contribution in [2.24, 2.45) is 5.73 Å². The highest BCUT2D eigenvalue weighted by molar-refractivity contribution is 5.95. The Hall–Kier alpha value is -1.53. The van der Waals surface area contributed by atoms with Gasteiger partial charge in [0.1, 0.15) is 5.82 Å². The predicted octanol–water partition coefficient (Wildman–Crippen LogP) is 1.83. The summed E-state index contributed by atoms with van der Waals surface area (Å²) in [6.07, 6.45) is 1.75. The lowest BCUT2D eigenvalue weighted by Crippen LogP contribution is -2.40. The summed E-state index contributed by atoms with van der Waals surface area (Å²) >= 11 is 0. The summed E-state index contributed by atoms with van der Waals surface area (Å²) in [6, 6.07) is 2.53. The number of hydrogen-bond donors (Lipinski definition) is 1. The lowest BCUT2D eigenvalue weighted by Gasteiger charge is -2.24. The maximum absolute atomic E-state index is 14.1. The number of halogens is 2. The zero-order valence-corrected chi connectivity index (χ0v) is 12.9. The molecule has 1 fully saturated rings. The Morgan fingerprint density at radius 1 is 1.38 bits per heavy atom. The Morgan fingerprint density at radius 3 is 2.57 bits per heavy atom. The fourth-order valence-corrected chi connectivity index (χ4v) is 2.52. The summed E-state index contributed by atoms with van der Waals surface area (Å²) < 4.78 is 24.2. The van der Waals surface area contributed by atoms with E-state index in [1.807, 2.05) is 0 Å². The number of carbonyl (C=O) groups is 1. The third-order valence-corrected chi connectivity index (χ3v) is 3.61. The number of hydrogen-bond acceptors (Lipinski definition) is 4. The molecule has 1 aliphatic rings. The molecular weight excluding hydrogens is 299 g/mol. The van der Waals surface area contributed by atoms with E-state index in [1.54, 1.807) is 4.90 Å². The van der Waals surface area contributed by atoms with Gasteiger partial charge in [0.15, 0.2) is 11.5 Å². The van der Waals surface area contributed by atoms with Gasteiger partial charge in [-0.1, -0.05) is 0 Å². The van der Waals surface area contributed by atoms with Gasteiger partial charge >= 0.3 is 0 Å². The molecule has 7 heteroatoms. The number of rotatable bonds is 4. The maximum Gasteiger partial charge on any atom is 0.257 e. The van der Waals surface area contributed by atoms with Crippen molar-refractivity contribution >= 4 is 18.3 Å². The molecule has 118 valence electrons. The molecule has 1 aliphatic heterocycles. The smallest absolute Gasteiger partial charge is 0.257 e. The van der Waals surface area contributed by atoms with E-state index in [0.29, 0.717) is 18.8 Å². The van der Waals surface area contributed by atoms with Crippen molar-refractivity contribution in [2.75, 3.05) is 27.3 Å². The fraction of sp³-hybridized carbons (Fsp3) is 0.500. The van der Waals surface area contributed by atoms with Crippen molar-refractivity contribution in [1.82, 2.24) is 4.90 Å². The van der Waals surface area contributed by atoms with Crippen LogP contribution in [0.3, 0.4) is 0 Å². The van der Waals surface area contributed by atoms with Crippen molar-refractivity contribution < 1.29 is 18.7 Å². The molecule has 1 amide bonds. The van der Waals surface area contributed by atoms with Gasteiger partial charge < -0.3 is 20.1 Å². The third-order valence-electron chi connectivity index (χ3n) is 3.61. The first-order valence-corrected chi connectivity index (χ1v) is 6.55. The molecule has 1 heterocycles. The number of methoxy groups -OCH3 is 2. The van der Waals surface area contributed by atoms with Crippen molar-refractivity contribution in [1.29, 1.82) is 0 Å². The summed E-state index contributed by atoms with van der Waals surface area (Å²) in [5, 5.41) is 0. The fourth-order valence-electron chi connectivity index (χ4n) is 2.52. The first kappa shape index (κ1) is 17.5. The lowest BCUT2D eigenvalue weighted by molar-refractivity contribution is 0.0736. The van der Waals surface area contributed by atoms with Crippen LogP contribution in [0.1, 0.15) is 23.2 Å². The molecule has 1 aromatic rings. The van der Waals surface area contributed by atoms with Crippen LogP contribution < -0.4 is 15.2 Å². The van der Waals surface area contributed by atoms with Crippen molar-refractivity contribution in [3.63, 3.8) is 0 Å². The number of ether oxygens (including phenoxy) is 2. The van der Waals surface area contributed by atoms with Crippen LogP contribution in [0.25, 0.3) is 0 Å². The van der Waals surface area contributed by atoms with Gasteiger partial charge in [-0.3, -0.25) is 4.79 Å². The number of nitrogens with zero attached hydrogens (tertiary/aromatic N) is 1. The van der Waals surface area contributed by atoms with Gasteiger partial charge in [-0.25, -0.2) is 4.39 Å². The van der Waals surface area contributed by atoms with E-state index in [9.17, 15) is 9.18 Å². The molecule has 0 radical (unpaired) electrons. The Kier molecular flexibility index (Phi) is 6.23. The molecule has 1 unspecified atom stereocenters. The Bertz CT molecular complexity index is 513. The Morgan fingerprint density at radius 2 is 2.00 bits per heavy atom. The minimum Gasteiger partial charge on any atom is -0.493 e. The number of benzene rings is 1. The van der Waals surface area contributed by atoms with Gasteiger partial charge in [0.2, 0.25) is 0 Å². The first-order valence-electron chi connectivity index (χ1n) is 6.55. The first-order chi connectivity index (χ1) is 9.62. The van der Waals surface area contributed by atoms with E-state index < -0.39 is 5.82 Å². The van der Waals surface area contributed by atoms with Gasteiger partial charge in [0, 0.05) is 25.2 Å². The quantitative estimate of drug-likeness (QED) is 0.920. The number of carbonyl (C=O) groups excluding carboxylic acids is 1. The second-order valence-corrected chi connectivity index (χ2v) is 4.72. The highest BCUT2D eigenvalue weighted by atomic mass is 35.5. The molecule has 1 atom stereocenters. The molecular formula is C14H20ClFN2O3. The van der Waals surface area contributed by atoms with E-state index >= 15 is 0 Å². The summed E-state index contributed by atoms with van der Waals surface area (Å²) in [4.78, 5) is 14.1. The molecule has 0 saturated carbocycles. The van der Waals surface area contributed by atoms with E-state index in [4.69, 9.17) is 15.2 Å². The summed E-state index contributed by atoms with van der Waals surface area (Å²) in [7, 11) is 2.87.